The number of ether oxygens (including phenoxy) is 1. The lowest BCUT2D eigenvalue weighted by Crippen LogP contribution is -2.38. The summed E-state index contributed by atoms with van der Waals surface area (Å²) in [6.07, 6.45) is 0.783. The van der Waals surface area contributed by atoms with E-state index in [9.17, 15) is 4.79 Å². The molecular weight excluding hydrogens is 276 g/mol. The van der Waals surface area contributed by atoms with Crippen LogP contribution in [-0.4, -0.2) is 25.8 Å². The summed E-state index contributed by atoms with van der Waals surface area (Å²) < 4.78 is 5.01. The van der Waals surface area contributed by atoms with E-state index < -0.39 is 0 Å². The number of rotatable bonds is 6. The zero-order valence-corrected chi connectivity index (χ0v) is 13.0. The molecule has 0 aromatic heterocycles. The van der Waals surface area contributed by atoms with Gasteiger partial charge in [-0.1, -0.05) is 48.5 Å². The highest BCUT2D eigenvalue weighted by molar-refractivity contribution is 5.90. The number of nitrogens with one attached hydrogen (secondary N) is 2. The molecule has 0 saturated carbocycles. The molecule has 0 radical (unpaired) electrons. The van der Waals surface area contributed by atoms with Gasteiger partial charge in [-0.3, -0.25) is 0 Å². The fraction of sp³-hybridized carbons (Fsp3) is 0.278. The van der Waals surface area contributed by atoms with Gasteiger partial charge < -0.3 is 15.4 Å². The highest BCUT2D eigenvalue weighted by Gasteiger charge is 2.09. The van der Waals surface area contributed by atoms with Crippen LogP contribution in [0.2, 0.25) is 0 Å². The monoisotopic (exact) mass is 298 g/mol. The molecule has 2 N–H and O–H groups in total. The van der Waals surface area contributed by atoms with Crippen molar-refractivity contribution in [2.24, 2.45) is 0 Å². The first-order chi connectivity index (χ1) is 10.7. The van der Waals surface area contributed by atoms with Crippen LogP contribution in [0.25, 0.3) is 0 Å². The number of hydrogen-bond donors (Lipinski definition) is 2. The van der Waals surface area contributed by atoms with Gasteiger partial charge >= 0.3 is 6.03 Å². The molecule has 2 aromatic rings. The van der Waals surface area contributed by atoms with Crippen LogP contribution in [0.5, 0.6) is 0 Å². The Bertz CT molecular complexity index is 599. The van der Waals surface area contributed by atoms with Crippen molar-refractivity contribution < 1.29 is 9.53 Å². The molecule has 22 heavy (non-hydrogen) atoms. The lowest BCUT2D eigenvalue weighted by Gasteiger charge is -2.15. The van der Waals surface area contributed by atoms with Gasteiger partial charge in [-0.25, -0.2) is 4.79 Å². The molecule has 1 unspecified atom stereocenters. The third-order valence-corrected chi connectivity index (χ3v) is 3.30. The summed E-state index contributed by atoms with van der Waals surface area (Å²) in [5, 5.41) is 5.76. The number of methoxy groups -OCH3 is 1. The Labute approximate surface area is 131 Å². The molecular formula is C18H22N2O2. The number of hydrogen-bond acceptors (Lipinski definition) is 2. The molecule has 0 aliphatic carbocycles. The van der Waals surface area contributed by atoms with Crippen LogP contribution in [0, 0.1) is 0 Å². The van der Waals surface area contributed by atoms with Gasteiger partial charge in [-0.05, 0) is 30.5 Å². The largest absolute Gasteiger partial charge is 0.383 e. The summed E-state index contributed by atoms with van der Waals surface area (Å²) in [6.45, 7) is 2.39. The van der Waals surface area contributed by atoms with Crippen molar-refractivity contribution in [2.75, 3.05) is 19.0 Å². The lowest BCUT2D eigenvalue weighted by atomic mass is 10.0. The molecule has 2 amide bonds. The SMILES string of the molecule is COCC(C)NC(=O)Nc1ccccc1Cc1ccccc1. The van der Waals surface area contributed by atoms with E-state index in [0.29, 0.717) is 6.61 Å². The normalized spacial score (nSPS) is 11.7. The van der Waals surface area contributed by atoms with Crippen LogP contribution in [-0.2, 0) is 11.2 Å². The average Bonchev–Trinajstić information content (AvgIpc) is 2.50. The zero-order chi connectivity index (χ0) is 15.8. The molecule has 116 valence electrons. The molecule has 2 aromatic carbocycles. The molecule has 0 spiro atoms. The minimum Gasteiger partial charge on any atom is -0.383 e. The van der Waals surface area contributed by atoms with E-state index in [1.807, 2.05) is 49.4 Å². The average molecular weight is 298 g/mol. The van der Waals surface area contributed by atoms with E-state index in [1.165, 1.54) is 5.56 Å². The van der Waals surface area contributed by atoms with Crippen LogP contribution >= 0.6 is 0 Å². The van der Waals surface area contributed by atoms with Gasteiger partial charge in [0.15, 0.2) is 0 Å². The Morgan fingerprint density at radius 1 is 1.09 bits per heavy atom. The standard InChI is InChI=1S/C18H22N2O2/c1-14(13-22-2)19-18(21)20-17-11-7-6-10-16(17)12-15-8-4-3-5-9-15/h3-11,14H,12-13H2,1-2H3,(H2,19,20,21). The molecule has 4 heteroatoms. The molecule has 0 bridgehead atoms. The van der Waals surface area contributed by atoms with Crippen molar-refractivity contribution in [2.45, 2.75) is 19.4 Å². The van der Waals surface area contributed by atoms with Crippen LogP contribution in [0.3, 0.4) is 0 Å². The number of carbonyl (C=O) groups excluding carboxylic acids is 1. The van der Waals surface area contributed by atoms with Crippen molar-refractivity contribution in [3.63, 3.8) is 0 Å². The smallest absolute Gasteiger partial charge is 0.319 e. The first-order valence-electron chi connectivity index (χ1n) is 7.37. The summed E-state index contributed by atoms with van der Waals surface area (Å²) in [7, 11) is 1.62. The number of carbonyl (C=O) groups is 1. The van der Waals surface area contributed by atoms with Gasteiger partial charge in [0.2, 0.25) is 0 Å². The summed E-state index contributed by atoms with van der Waals surface area (Å²) in [5.74, 6) is 0. The third kappa shape index (κ3) is 4.90. The highest BCUT2D eigenvalue weighted by atomic mass is 16.5. The predicted octanol–water partition coefficient (Wildman–Crippen LogP) is 3.43. The molecule has 1 atom stereocenters. The fourth-order valence-corrected chi connectivity index (χ4v) is 2.29. The number of amides is 2. The second-order valence-electron chi connectivity index (χ2n) is 5.27. The van der Waals surface area contributed by atoms with Gasteiger partial charge in [0.05, 0.1) is 12.6 Å². The molecule has 4 nitrogen and oxygen atoms in total. The fourth-order valence-electron chi connectivity index (χ4n) is 2.29. The van der Waals surface area contributed by atoms with E-state index >= 15 is 0 Å². The van der Waals surface area contributed by atoms with E-state index in [2.05, 4.69) is 22.8 Å². The van der Waals surface area contributed by atoms with Crippen molar-refractivity contribution in [1.82, 2.24) is 5.32 Å². The first-order valence-corrected chi connectivity index (χ1v) is 7.37. The summed E-state index contributed by atoms with van der Waals surface area (Å²) >= 11 is 0. The summed E-state index contributed by atoms with van der Waals surface area (Å²) in [5.41, 5.74) is 3.13. The third-order valence-electron chi connectivity index (χ3n) is 3.30. The summed E-state index contributed by atoms with van der Waals surface area (Å²) in [4.78, 5) is 12.0. The highest BCUT2D eigenvalue weighted by Crippen LogP contribution is 2.19. The Hall–Kier alpha value is -2.33. The Morgan fingerprint density at radius 3 is 2.50 bits per heavy atom. The van der Waals surface area contributed by atoms with Gasteiger partial charge in [0.1, 0.15) is 0 Å². The number of benzene rings is 2. The summed E-state index contributed by atoms with van der Waals surface area (Å²) in [6, 6.07) is 17.8. The molecule has 0 heterocycles. The Balaban J connectivity index is 2.03. The van der Waals surface area contributed by atoms with Gasteiger partial charge in [0.25, 0.3) is 0 Å². The maximum Gasteiger partial charge on any atom is 0.319 e. The maximum atomic E-state index is 12.0. The number of para-hydroxylation sites is 1. The van der Waals surface area contributed by atoms with E-state index in [1.54, 1.807) is 7.11 Å². The van der Waals surface area contributed by atoms with Crippen LogP contribution in [0.4, 0.5) is 10.5 Å². The number of urea groups is 1. The van der Waals surface area contributed by atoms with E-state index in [4.69, 9.17) is 4.74 Å². The van der Waals surface area contributed by atoms with E-state index in [0.717, 1.165) is 17.7 Å². The van der Waals surface area contributed by atoms with Crippen LogP contribution < -0.4 is 10.6 Å². The van der Waals surface area contributed by atoms with Gasteiger partial charge in [-0.15, -0.1) is 0 Å². The van der Waals surface area contributed by atoms with Gasteiger partial charge in [0, 0.05) is 12.8 Å². The predicted molar refractivity (Wildman–Crippen MR) is 89.2 cm³/mol. The van der Waals surface area contributed by atoms with Gasteiger partial charge in [-0.2, -0.15) is 0 Å². The second-order valence-corrected chi connectivity index (χ2v) is 5.27. The van der Waals surface area contributed by atoms with Crippen molar-refractivity contribution >= 4 is 11.7 Å². The van der Waals surface area contributed by atoms with Crippen molar-refractivity contribution in [3.05, 3.63) is 65.7 Å². The molecule has 0 aliphatic rings. The molecule has 0 fully saturated rings. The first kappa shape index (κ1) is 16.0. The minimum absolute atomic E-state index is 0.0358. The Morgan fingerprint density at radius 2 is 1.77 bits per heavy atom. The molecule has 2 rings (SSSR count). The topological polar surface area (TPSA) is 50.4 Å². The Kier molecular flexibility index (Phi) is 5.98. The molecule has 0 aliphatic heterocycles. The van der Waals surface area contributed by atoms with Crippen LogP contribution in [0.15, 0.2) is 54.6 Å². The quantitative estimate of drug-likeness (QED) is 0.858. The maximum absolute atomic E-state index is 12.0. The second kappa shape index (κ2) is 8.20. The number of anilines is 1. The lowest BCUT2D eigenvalue weighted by molar-refractivity contribution is 0.173. The zero-order valence-electron chi connectivity index (χ0n) is 13.0. The van der Waals surface area contributed by atoms with E-state index in [-0.39, 0.29) is 12.1 Å². The van der Waals surface area contributed by atoms with Crippen molar-refractivity contribution in [1.29, 1.82) is 0 Å². The van der Waals surface area contributed by atoms with Crippen LogP contribution in [0.1, 0.15) is 18.1 Å². The minimum atomic E-state index is -0.218. The molecule has 0 saturated heterocycles. The van der Waals surface area contributed by atoms with Crippen molar-refractivity contribution in [3.8, 4) is 0 Å².